The Morgan fingerprint density at radius 1 is 1.12 bits per heavy atom. The van der Waals surface area contributed by atoms with Crippen molar-refractivity contribution < 1.29 is 19.4 Å². The second-order valence-corrected chi connectivity index (χ2v) is 6.15. The number of halogens is 1. The molecular weight excluding hydrogens is 374 g/mol. The van der Waals surface area contributed by atoms with Crippen LogP contribution in [0.3, 0.4) is 0 Å². The van der Waals surface area contributed by atoms with Crippen LogP contribution in [0.15, 0.2) is 59.1 Å². The molecule has 0 aliphatic rings. The van der Waals surface area contributed by atoms with Gasteiger partial charge in [-0.25, -0.2) is 0 Å². The summed E-state index contributed by atoms with van der Waals surface area (Å²) in [5.74, 6) is 0.986. The molecule has 2 N–H and O–H groups in total. The Balaban J connectivity index is 1.70. The summed E-state index contributed by atoms with van der Waals surface area (Å²) in [6.07, 6.45) is -1.46. The molecule has 1 amide bonds. The molecule has 5 nitrogen and oxygen atoms in total. The first kappa shape index (κ1) is 18.3. The zero-order valence-electron chi connectivity index (χ0n) is 13.3. The highest BCUT2D eigenvalue weighted by Gasteiger charge is 2.16. The fourth-order valence-electron chi connectivity index (χ4n) is 1.90. The van der Waals surface area contributed by atoms with Gasteiger partial charge < -0.3 is 19.9 Å². The number of rotatable bonds is 8. The molecule has 2 aromatic rings. The summed E-state index contributed by atoms with van der Waals surface area (Å²) in [7, 11) is 0. The van der Waals surface area contributed by atoms with Gasteiger partial charge in [-0.3, -0.25) is 4.79 Å². The lowest BCUT2D eigenvalue weighted by Crippen LogP contribution is -2.41. The summed E-state index contributed by atoms with van der Waals surface area (Å²) in [5.41, 5.74) is 0. The first-order chi connectivity index (χ1) is 11.5. The number of nitrogens with one attached hydrogen (secondary N) is 1. The van der Waals surface area contributed by atoms with Crippen LogP contribution in [0.4, 0.5) is 0 Å². The van der Waals surface area contributed by atoms with Crippen LogP contribution in [0.1, 0.15) is 6.92 Å². The van der Waals surface area contributed by atoms with Gasteiger partial charge in [0.05, 0.1) is 0 Å². The minimum atomic E-state index is -0.797. The van der Waals surface area contributed by atoms with E-state index in [-0.39, 0.29) is 19.1 Å². The third-order valence-electron chi connectivity index (χ3n) is 3.19. The average molecular weight is 394 g/mol. The highest BCUT2D eigenvalue weighted by atomic mass is 79.9. The number of carbonyl (C=O) groups is 1. The largest absolute Gasteiger partial charge is 0.491 e. The third-order valence-corrected chi connectivity index (χ3v) is 3.72. The van der Waals surface area contributed by atoms with Gasteiger partial charge >= 0.3 is 0 Å². The van der Waals surface area contributed by atoms with E-state index < -0.39 is 12.2 Å². The number of ether oxygens (including phenoxy) is 2. The Kier molecular flexibility index (Phi) is 7.08. The summed E-state index contributed by atoms with van der Waals surface area (Å²) in [6, 6.07) is 16.4. The molecule has 2 aromatic carbocycles. The van der Waals surface area contributed by atoms with Crippen LogP contribution >= 0.6 is 15.9 Å². The van der Waals surface area contributed by atoms with E-state index in [1.54, 1.807) is 31.2 Å². The number of aliphatic hydroxyl groups excluding tert-OH is 1. The minimum absolute atomic E-state index is 0.0969. The summed E-state index contributed by atoms with van der Waals surface area (Å²) in [6.45, 7) is 1.86. The first-order valence-electron chi connectivity index (χ1n) is 7.60. The van der Waals surface area contributed by atoms with Gasteiger partial charge in [-0.15, -0.1) is 0 Å². The lowest BCUT2D eigenvalue weighted by Gasteiger charge is -2.17. The van der Waals surface area contributed by atoms with Crippen LogP contribution in [0.5, 0.6) is 11.5 Å². The van der Waals surface area contributed by atoms with Crippen molar-refractivity contribution in [1.82, 2.24) is 5.32 Å². The minimum Gasteiger partial charge on any atom is -0.491 e. The zero-order chi connectivity index (χ0) is 17.4. The lowest BCUT2D eigenvalue weighted by molar-refractivity contribution is -0.127. The van der Waals surface area contributed by atoms with Gasteiger partial charge in [0.15, 0.2) is 6.10 Å². The number of carbonyl (C=O) groups excluding carboxylic acids is 1. The topological polar surface area (TPSA) is 67.8 Å². The second-order valence-electron chi connectivity index (χ2n) is 5.24. The quantitative estimate of drug-likeness (QED) is 0.723. The second kappa shape index (κ2) is 9.30. The van der Waals surface area contributed by atoms with E-state index in [1.165, 1.54) is 0 Å². The maximum Gasteiger partial charge on any atom is 0.260 e. The van der Waals surface area contributed by atoms with Crippen LogP contribution in [0.25, 0.3) is 0 Å². The van der Waals surface area contributed by atoms with Crippen LogP contribution in [-0.4, -0.2) is 36.4 Å². The molecule has 0 radical (unpaired) electrons. The molecule has 2 atom stereocenters. The summed E-state index contributed by atoms with van der Waals surface area (Å²) in [5, 5.41) is 12.5. The molecule has 0 unspecified atom stereocenters. The van der Waals surface area contributed by atoms with Gasteiger partial charge in [0.2, 0.25) is 0 Å². The van der Waals surface area contributed by atoms with Crippen molar-refractivity contribution >= 4 is 21.8 Å². The molecule has 0 aliphatic heterocycles. The van der Waals surface area contributed by atoms with Gasteiger partial charge in [-0.2, -0.15) is 0 Å². The van der Waals surface area contributed by atoms with E-state index in [1.807, 2.05) is 30.3 Å². The fraction of sp³-hybridized carbons (Fsp3) is 0.278. The van der Waals surface area contributed by atoms with Gasteiger partial charge in [0.25, 0.3) is 5.91 Å². The van der Waals surface area contributed by atoms with Crippen LogP contribution in [0, 0.1) is 0 Å². The number of aliphatic hydroxyl groups is 1. The SMILES string of the molecule is C[C@@H](Oc1ccc(Br)cc1)C(=O)NC[C@H](O)COc1ccccc1. The number of benzene rings is 2. The van der Waals surface area contributed by atoms with Crippen molar-refractivity contribution in [2.24, 2.45) is 0 Å². The zero-order valence-corrected chi connectivity index (χ0v) is 14.9. The van der Waals surface area contributed by atoms with E-state index in [4.69, 9.17) is 9.47 Å². The number of para-hydroxylation sites is 1. The van der Waals surface area contributed by atoms with Gasteiger partial charge in [0, 0.05) is 11.0 Å². The first-order valence-corrected chi connectivity index (χ1v) is 8.40. The molecular formula is C18H20BrNO4. The van der Waals surface area contributed by atoms with Crippen molar-refractivity contribution in [3.8, 4) is 11.5 Å². The standard InChI is InChI=1S/C18H20BrNO4/c1-13(24-17-9-7-14(19)8-10-17)18(22)20-11-15(21)12-23-16-5-3-2-4-6-16/h2-10,13,15,21H,11-12H2,1H3,(H,20,22)/t13-,15+/m1/s1. The van der Waals surface area contributed by atoms with Crippen LogP contribution in [0.2, 0.25) is 0 Å². The summed E-state index contributed by atoms with van der Waals surface area (Å²) >= 11 is 3.34. The Labute approximate surface area is 149 Å². The van der Waals surface area contributed by atoms with Crippen molar-refractivity contribution in [1.29, 1.82) is 0 Å². The number of amides is 1. The Hall–Kier alpha value is -2.05. The van der Waals surface area contributed by atoms with Crippen LogP contribution < -0.4 is 14.8 Å². The van der Waals surface area contributed by atoms with E-state index in [0.29, 0.717) is 11.5 Å². The van der Waals surface area contributed by atoms with E-state index in [9.17, 15) is 9.90 Å². The maximum absolute atomic E-state index is 12.0. The molecule has 128 valence electrons. The predicted molar refractivity (Wildman–Crippen MR) is 95.2 cm³/mol. The van der Waals surface area contributed by atoms with E-state index >= 15 is 0 Å². The molecule has 0 aromatic heterocycles. The van der Waals surface area contributed by atoms with Crippen molar-refractivity contribution in [2.75, 3.05) is 13.2 Å². The Bertz CT molecular complexity index is 633. The monoisotopic (exact) mass is 393 g/mol. The molecule has 0 heterocycles. The van der Waals surface area contributed by atoms with Crippen molar-refractivity contribution in [3.05, 3.63) is 59.1 Å². The highest BCUT2D eigenvalue weighted by Crippen LogP contribution is 2.17. The Morgan fingerprint density at radius 2 is 1.79 bits per heavy atom. The Morgan fingerprint density at radius 3 is 2.46 bits per heavy atom. The molecule has 24 heavy (non-hydrogen) atoms. The fourth-order valence-corrected chi connectivity index (χ4v) is 2.17. The van der Waals surface area contributed by atoms with Gasteiger partial charge in [-0.05, 0) is 43.3 Å². The van der Waals surface area contributed by atoms with E-state index in [2.05, 4.69) is 21.2 Å². The summed E-state index contributed by atoms with van der Waals surface area (Å²) in [4.78, 5) is 12.0. The maximum atomic E-state index is 12.0. The number of hydrogen-bond donors (Lipinski definition) is 2. The molecule has 6 heteroatoms. The van der Waals surface area contributed by atoms with Crippen molar-refractivity contribution in [2.45, 2.75) is 19.1 Å². The smallest absolute Gasteiger partial charge is 0.260 e. The van der Waals surface area contributed by atoms with E-state index in [0.717, 1.165) is 4.47 Å². The molecule has 0 aliphatic carbocycles. The molecule has 0 spiro atoms. The van der Waals surface area contributed by atoms with Crippen molar-refractivity contribution in [3.63, 3.8) is 0 Å². The summed E-state index contributed by atoms with van der Waals surface area (Å²) < 4.78 is 11.9. The molecule has 0 bridgehead atoms. The molecule has 0 fully saturated rings. The molecule has 2 rings (SSSR count). The van der Waals surface area contributed by atoms with Gasteiger partial charge in [0.1, 0.15) is 24.2 Å². The van der Waals surface area contributed by atoms with Gasteiger partial charge in [-0.1, -0.05) is 34.1 Å². The lowest BCUT2D eigenvalue weighted by atomic mass is 10.3. The number of hydrogen-bond acceptors (Lipinski definition) is 4. The third kappa shape index (κ3) is 6.22. The predicted octanol–water partition coefficient (Wildman–Crippen LogP) is 2.77. The molecule has 0 saturated heterocycles. The average Bonchev–Trinajstić information content (AvgIpc) is 2.60. The van der Waals surface area contributed by atoms with Crippen LogP contribution in [-0.2, 0) is 4.79 Å². The molecule has 0 saturated carbocycles. The normalized spacial score (nSPS) is 13.0. The highest BCUT2D eigenvalue weighted by molar-refractivity contribution is 9.10.